The highest BCUT2D eigenvalue weighted by Crippen LogP contribution is 2.47. The fourth-order valence-corrected chi connectivity index (χ4v) is 8.95. The van der Waals surface area contributed by atoms with Crippen LogP contribution in [0, 0.1) is 0 Å². The quantitative estimate of drug-likeness (QED) is 0.0341. The van der Waals surface area contributed by atoms with E-state index in [1.165, 1.54) is 43.5 Å². The number of esters is 1. The van der Waals surface area contributed by atoms with Crippen LogP contribution in [0.2, 0.25) is 0 Å². The van der Waals surface area contributed by atoms with Gasteiger partial charge in [0.2, 0.25) is 18.9 Å². The normalized spacial score (nSPS) is 36.9. The predicted octanol–water partition coefficient (Wildman–Crippen LogP) is -5.45. The Morgan fingerprint density at radius 1 is 0.551 bits per heavy atom. The third kappa shape index (κ3) is 12.2. The summed E-state index contributed by atoms with van der Waals surface area (Å²) in [6.45, 7) is -3.25. The van der Waals surface area contributed by atoms with Gasteiger partial charge in [-0.15, -0.1) is 0 Å². The second-order valence-electron chi connectivity index (χ2n) is 18.6. The maximum Gasteiger partial charge on any atom is 0.330 e. The van der Waals surface area contributed by atoms with Gasteiger partial charge in [0.05, 0.1) is 32.5 Å². The van der Waals surface area contributed by atoms with Gasteiger partial charge in [0, 0.05) is 23.8 Å². The average molecular weight is 1110 g/mol. The zero-order chi connectivity index (χ0) is 56.4. The zero-order valence-corrected chi connectivity index (χ0v) is 40.8. The van der Waals surface area contributed by atoms with E-state index in [-0.39, 0.29) is 39.9 Å². The summed E-state index contributed by atoms with van der Waals surface area (Å²) in [4.78, 5) is 13.2. The molecule has 5 heterocycles. The molecule has 17 N–H and O–H groups in total. The molecule has 0 amide bonds. The van der Waals surface area contributed by atoms with Gasteiger partial charge in [0.1, 0.15) is 121 Å². The SMILES string of the molecule is COc1cc(C=CC(=O)OCC2OC(OC3=Cc4c(cc(O)cc4OC4OC(CO)C(O)C(O)C4O)OC3c3ccc(O)c(O)c3)C(OC3OC(CO)C(O)C(O)C3O)C(O)C2O)ccc1OC1OC(CO)C(O)C(O)C1O. The van der Waals surface area contributed by atoms with E-state index in [0.29, 0.717) is 5.56 Å². The fourth-order valence-electron chi connectivity index (χ4n) is 8.95. The number of hydrogen-bond donors (Lipinski definition) is 17. The molecule has 8 rings (SSSR count). The van der Waals surface area contributed by atoms with Crippen LogP contribution in [0.25, 0.3) is 12.2 Å². The Bertz CT molecular complexity index is 2590. The van der Waals surface area contributed by atoms with Gasteiger partial charge in [-0.2, -0.15) is 0 Å². The molecule has 3 aromatic carbocycles. The largest absolute Gasteiger partial charge is 0.508 e. The van der Waals surface area contributed by atoms with Crippen LogP contribution >= 0.6 is 0 Å². The number of ether oxygens (including phenoxy) is 11. The molecule has 0 saturated carbocycles. The molecule has 29 heteroatoms. The minimum Gasteiger partial charge on any atom is -0.508 e. The van der Waals surface area contributed by atoms with Crippen molar-refractivity contribution in [3.8, 4) is 40.2 Å². The maximum absolute atomic E-state index is 13.2. The van der Waals surface area contributed by atoms with Gasteiger partial charge in [0.15, 0.2) is 41.5 Å². The molecule has 3 aromatic rings. The molecule has 430 valence electrons. The van der Waals surface area contributed by atoms with Gasteiger partial charge >= 0.3 is 5.97 Å². The van der Waals surface area contributed by atoms with Gasteiger partial charge in [-0.25, -0.2) is 4.79 Å². The van der Waals surface area contributed by atoms with Crippen LogP contribution in [0.4, 0.5) is 0 Å². The first-order valence-corrected chi connectivity index (χ1v) is 24.0. The number of aromatic hydroxyl groups is 3. The third-order valence-corrected chi connectivity index (χ3v) is 13.4. The third-order valence-electron chi connectivity index (χ3n) is 13.4. The van der Waals surface area contributed by atoms with Crippen LogP contribution in [0.1, 0.15) is 22.8 Å². The van der Waals surface area contributed by atoms with E-state index < -0.39 is 179 Å². The van der Waals surface area contributed by atoms with Crippen molar-refractivity contribution in [1.29, 1.82) is 0 Å². The maximum atomic E-state index is 13.2. The molecule has 0 spiro atoms. The van der Waals surface area contributed by atoms with Gasteiger partial charge in [-0.1, -0.05) is 12.1 Å². The second kappa shape index (κ2) is 24.7. The number of rotatable bonds is 17. The number of aliphatic hydroxyl groups is 14. The summed E-state index contributed by atoms with van der Waals surface area (Å²) in [5.74, 6) is -3.58. The molecule has 78 heavy (non-hydrogen) atoms. The first-order chi connectivity index (χ1) is 37.2. The zero-order valence-electron chi connectivity index (χ0n) is 40.8. The Labute approximate surface area is 440 Å². The minimum absolute atomic E-state index is 0.0115. The molecule has 29 nitrogen and oxygen atoms in total. The van der Waals surface area contributed by atoms with Crippen molar-refractivity contribution in [3.05, 3.63) is 77.1 Å². The number of phenols is 3. The molecule has 5 aliphatic heterocycles. The topological polar surface area (TPSA) is 463 Å². The van der Waals surface area contributed by atoms with Crippen LogP contribution in [-0.2, 0) is 38.0 Å². The molecule has 0 aliphatic carbocycles. The summed E-state index contributed by atoms with van der Waals surface area (Å²) in [6.07, 6.45) is -34.1. The molecule has 4 fully saturated rings. The lowest BCUT2D eigenvalue weighted by Crippen LogP contribution is -2.64. The summed E-state index contributed by atoms with van der Waals surface area (Å²) in [7, 11) is 1.28. The number of aliphatic hydroxyl groups excluding tert-OH is 14. The summed E-state index contributed by atoms with van der Waals surface area (Å²) >= 11 is 0. The van der Waals surface area contributed by atoms with E-state index in [2.05, 4.69) is 0 Å². The van der Waals surface area contributed by atoms with E-state index in [0.717, 1.165) is 30.3 Å². The Morgan fingerprint density at radius 2 is 1.10 bits per heavy atom. The first kappa shape index (κ1) is 58.4. The Morgan fingerprint density at radius 3 is 1.68 bits per heavy atom. The Kier molecular flexibility index (Phi) is 18.5. The van der Waals surface area contributed by atoms with Gasteiger partial charge in [-0.05, 0) is 42.0 Å². The van der Waals surface area contributed by atoms with Crippen molar-refractivity contribution in [2.24, 2.45) is 0 Å². The smallest absolute Gasteiger partial charge is 0.330 e. The molecule has 0 radical (unpaired) electrons. The number of methoxy groups -OCH3 is 1. The highest BCUT2D eigenvalue weighted by Gasteiger charge is 2.53. The second-order valence-corrected chi connectivity index (χ2v) is 18.6. The van der Waals surface area contributed by atoms with Gasteiger partial charge in [-0.3, -0.25) is 0 Å². The summed E-state index contributed by atoms with van der Waals surface area (Å²) in [6, 6.07) is 9.78. The van der Waals surface area contributed by atoms with Crippen molar-refractivity contribution in [2.75, 3.05) is 33.5 Å². The highest BCUT2D eigenvalue weighted by molar-refractivity contribution is 5.87. The van der Waals surface area contributed by atoms with Crippen molar-refractivity contribution < 1.29 is 144 Å². The van der Waals surface area contributed by atoms with E-state index in [9.17, 15) is 91.6 Å². The number of hydrogen-bond acceptors (Lipinski definition) is 29. The lowest BCUT2D eigenvalue weighted by molar-refractivity contribution is -0.364. The molecule has 0 bridgehead atoms. The first-order valence-electron chi connectivity index (χ1n) is 24.0. The summed E-state index contributed by atoms with van der Waals surface area (Å²) < 4.78 is 63.5. The lowest BCUT2D eigenvalue weighted by Gasteiger charge is -2.46. The van der Waals surface area contributed by atoms with Crippen LogP contribution in [0.5, 0.6) is 40.2 Å². The summed E-state index contributed by atoms with van der Waals surface area (Å²) in [5.41, 5.74) is 0.247. The fraction of sp³-hybridized carbons (Fsp3) is 0.531. The van der Waals surface area contributed by atoms with Crippen LogP contribution in [0.3, 0.4) is 0 Å². The molecule has 21 atom stereocenters. The number of fused-ring (bicyclic) bond motifs is 1. The van der Waals surface area contributed by atoms with Crippen molar-refractivity contribution in [1.82, 2.24) is 0 Å². The van der Waals surface area contributed by atoms with Crippen molar-refractivity contribution in [2.45, 2.75) is 129 Å². The average Bonchev–Trinajstić information content (AvgIpc) is 3.55. The van der Waals surface area contributed by atoms with Crippen molar-refractivity contribution in [3.63, 3.8) is 0 Å². The van der Waals surface area contributed by atoms with Crippen LogP contribution < -0.4 is 18.9 Å². The molecule has 21 unspecified atom stereocenters. The number of carbonyl (C=O) groups is 1. The van der Waals surface area contributed by atoms with Crippen LogP contribution in [0.15, 0.2) is 60.4 Å². The monoisotopic (exact) mass is 1110 g/mol. The Balaban J connectivity index is 1.07. The van der Waals surface area contributed by atoms with E-state index in [4.69, 9.17) is 52.1 Å². The highest BCUT2D eigenvalue weighted by atomic mass is 16.8. The molecule has 4 saturated heterocycles. The van der Waals surface area contributed by atoms with Crippen molar-refractivity contribution >= 4 is 18.1 Å². The number of benzene rings is 3. The van der Waals surface area contributed by atoms with Gasteiger partial charge < -0.3 is 139 Å². The molecular formula is C49H60O29. The number of phenolic OH excluding ortho intramolecular Hbond substituents is 3. The lowest BCUT2D eigenvalue weighted by atomic mass is 9.97. The molecule has 5 aliphatic rings. The summed E-state index contributed by atoms with van der Waals surface area (Å²) in [5, 5.41) is 178. The van der Waals surface area contributed by atoms with Gasteiger partial charge in [0.25, 0.3) is 0 Å². The van der Waals surface area contributed by atoms with Crippen LogP contribution in [-0.4, -0.2) is 249 Å². The number of carbonyl (C=O) groups excluding carboxylic acids is 1. The van der Waals surface area contributed by atoms with E-state index in [1.54, 1.807) is 0 Å². The van der Waals surface area contributed by atoms with E-state index >= 15 is 0 Å². The predicted molar refractivity (Wildman–Crippen MR) is 251 cm³/mol. The minimum atomic E-state index is -2.14. The standard InChI is InChI=1S/C49H60O29/c1-68-26-8-17(2-6-23(26)71-46-41(65)37(61)33(57)28(13-50)74-46)3-7-32(56)69-16-31-36(60)40(64)45(78-48-43(67)39(63)35(59)30(15-52)76-48)49(77-31)73-27-12-20-24(70-44(27)18-4-5-21(54)22(55)9-18)10-19(53)11-25(20)72-47-42(66)38(62)34(58)29(14-51)75-47/h2-12,28-31,33-55,57-67H,13-16H2,1H3. The molecule has 0 aromatic heterocycles. The van der Waals surface area contributed by atoms with E-state index in [1.807, 2.05) is 0 Å². The molecular weight excluding hydrogens is 1050 g/mol. The Hall–Kier alpha value is -5.75.